The highest BCUT2D eigenvalue weighted by Gasteiger charge is 2.32. The summed E-state index contributed by atoms with van der Waals surface area (Å²) in [6.07, 6.45) is -5.12. The van der Waals surface area contributed by atoms with E-state index in [0.29, 0.717) is 17.7 Å². The number of nitrogens with one attached hydrogen (secondary N) is 1. The first kappa shape index (κ1) is 31.4. The van der Waals surface area contributed by atoms with Gasteiger partial charge in [-0.15, -0.1) is 0 Å². The Balaban J connectivity index is 1.86. The van der Waals surface area contributed by atoms with Crippen molar-refractivity contribution in [2.24, 2.45) is 0 Å². The van der Waals surface area contributed by atoms with Gasteiger partial charge >= 0.3 is 18.1 Å². The van der Waals surface area contributed by atoms with Crippen LogP contribution in [0.2, 0.25) is 0 Å². The van der Waals surface area contributed by atoms with Crippen LogP contribution in [0.3, 0.4) is 0 Å². The standard InChI is InChI=1S/C27H26F3NO9S/c1-36-16-39-25(32)13-20-5-3-4-6-24(20)41(34,35)31-22-12-11-21(27(28,29)30)14-23(22)38-15-18-7-9-19(10-8-18)26(33)40-17-37-2/h3-12,14,31H,13,15-17H2,1-2H3. The third-order valence-corrected chi connectivity index (χ3v) is 6.85. The summed E-state index contributed by atoms with van der Waals surface area (Å²) in [6, 6.07) is 13.8. The van der Waals surface area contributed by atoms with E-state index in [-0.39, 0.29) is 41.9 Å². The number of carbonyl (C=O) groups excluding carboxylic acids is 2. The van der Waals surface area contributed by atoms with Gasteiger partial charge < -0.3 is 23.7 Å². The molecule has 0 aliphatic heterocycles. The van der Waals surface area contributed by atoms with Gasteiger partial charge in [-0.25, -0.2) is 13.2 Å². The van der Waals surface area contributed by atoms with E-state index < -0.39 is 45.9 Å². The predicted octanol–water partition coefficient (Wildman–Crippen LogP) is 4.54. The van der Waals surface area contributed by atoms with E-state index in [0.717, 1.165) is 6.07 Å². The van der Waals surface area contributed by atoms with Crippen LogP contribution in [0.15, 0.2) is 71.6 Å². The van der Waals surface area contributed by atoms with Crippen molar-refractivity contribution >= 4 is 27.6 Å². The molecule has 0 radical (unpaired) electrons. The molecule has 220 valence electrons. The average Bonchev–Trinajstić information content (AvgIpc) is 2.94. The van der Waals surface area contributed by atoms with Gasteiger partial charge in [-0.1, -0.05) is 30.3 Å². The van der Waals surface area contributed by atoms with E-state index in [1.165, 1.54) is 62.8 Å². The molecule has 0 spiro atoms. The fourth-order valence-corrected chi connectivity index (χ4v) is 4.75. The Kier molecular flexibility index (Phi) is 10.7. The molecule has 0 amide bonds. The van der Waals surface area contributed by atoms with Crippen molar-refractivity contribution < 1.29 is 54.9 Å². The Hall–Kier alpha value is -4.14. The summed E-state index contributed by atoms with van der Waals surface area (Å²) in [7, 11) is -1.73. The van der Waals surface area contributed by atoms with Crippen LogP contribution < -0.4 is 9.46 Å². The minimum absolute atomic E-state index is 0.0969. The normalized spacial score (nSPS) is 11.5. The number of halogens is 3. The van der Waals surface area contributed by atoms with Gasteiger partial charge in [-0.3, -0.25) is 9.52 Å². The van der Waals surface area contributed by atoms with Crippen molar-refractivity contribution in [3.63, 3.8) is 0 Å². The first-order valence-electron chi connectivity index (χ1n) is 11.8. The minimum atomic E-state index is -4.73. The van der Waals surface area contributed by atoms with E-state index in [1.54, 1.807) is 0 Å². The van der Waals surface area contributed by atoms with Crippen molar-refractivity contribution in [2.75, 3.05) is 32.5 Å². The molecule has 3 aromatic carbocycles. The van der Waals surface area contributed by atoms with Crippen molar-refractivity contribution in [3.8, 4) is 5.75 Å². The number of hydrogen-bond donors (Lipinski definition) is 1. The van der Waals surface area contributed by atoms with Gasteiger partial charge in [0.25, 0.3) is 10.0 Å². The Morgan fingerprint density at radius 1 is 0.878 bits per heavy atom. The number of anilines is 1. The highest BCUT2D eigenvalue weighted by atomic mass is 32.2. The van der Waals surface area contributed by atoms with Crippen molar-refractivity contribution in [2.45, 2.75) is 24.1 Å². The lowest BCUT2D eigenvalue weighted by molar-refractivity contribution is -0.153. The molecule has 41 heavy (non-hydrogen) atoms. The summed E-state index contributed by atoms with van der Waals surface area (Å²) in [5.74, 6) is -1.78. The number of methoxy groups -OCH3 is 2. The highest BCUT2D eigenvalue weighted by Crippen LogP contribution is 2.36. The predicted molar refractivity (Wildman–Crippen MR) is 138 cm³/mol. The molecule has 0 heterocycles. The quantitative estimate of drug-likeness (QED) is 0.223. The number of alkyl halides is 3. The molecule has 0 unspecified atom stereocenters. The molecule has 10 nitrogen and oxygen atoms in total. The van der Waals surface area contributed by atoms with Crippen LogP contribution in [-0.4, -0.2) is 48.2 Å². The molecular weight excluding hydrogens is 571 g/mol. The smallest absolute Gasteiger partial charge is 0.416 e. The molecule has 0 aliphatic carbocycles. The van der Waals surface area contributed by atoms with Crippen molar-refractivity contribution in [1.82, 2.24) is 0 Å². The van der Waals surface area contributed by atoms with Gasteiger partial charge in [0, 0.05) is 14.2 Å². The first-order chi connectivity index (χ1) is 19.4. The van der Waals surface area contributed by atoms with E-state index >= 15 is 0 Å². The lowest BCUT2D eigenvalue weighted by Crippen LogP contribution is -2.18. The second-order valence-electron chi connectivity index (χ2n) is 8.35. The molecule has 0 fully saturated rings. The third kappa shape index (κ3) is 8.93. The summed E-state index contributed by atoms with van der Waals surface area (Å²) >= 11 is 0. The van der Waals surface area contributed by atoms with Crippen LogP contribution in [0.4, 0.5) is 18.9 Å². The number of esters is 2. The van der Waals surface area contributed by atoms with Gasteiger partial charge in [0.2, 0.25) is 0 Å². The number of hydrogen-bond acceptors (Lipinski definition) is 9. The topological polar surface area (TPSA) is 126 Å². The van der Waals surface area contributed by atoms with Gasteiger partial charge in [-0.05, 0) is 47.5 Å². The van der Waals surface area contributed by atoms with Gasteiger partial charge in [0.15, 0.2) is 13.6 Å². The summed E-state index contributed by atoms with van der Waals surface area (Å²) < 4.78 is 93.7. The van der Waals surface area contributed by atoms with Gasteiger partial charge in [0.1, 0.15) is 12.4 Å². The summed E-state index contributed by atoms with van der Waals surface area (Å²) in [4.78, 5) is 23.7. The van der Waals surface area contributed by atoms with E-state index in [9.17, 15) is 31.2 Å². The fourth-order valence-electron chi connectivity index (χ4n) is 3.44. The lowest BCUT2D eigenvalue weighted by Gasteiger charge is -2.17. The molecule has 14 heteroatoms. The maximum Gasteiger partial charge on any atom is 0.416 e. The first-order valence-corrected chi connectivity index (χ1v) is 13.3. The zero-order chi connectivity index (χ0) is 30.0. The number of carbonyl (C=O) groups is 2. The van der Waals surface area contributed by atoms with Crippen LogP contribution in [0.25, 0.3) is 0 Å². The van der Waals surface area contributed by atoms with Crippen LogP contribution in [0.5, 0.6) is 5.75 Å². The minimum Gasteiger partial charge on any atom is -0.487 e. The maximum atomic E-state index is 13.4. The Morgan fingerprint density at radius 2 is 1.54 bits per heavy atom. The summed E-state index contributed by atoms with van der Waals surface area (Å²) in [5.41, 5.74) is -0.551. The second-order valence-corrected chi connectivity index (χ2v) is 10.00. The molecule has 1 N–H and O–H groups in total. The number of benzene rings is 3. The van der Waals surface area contributed by atoms with Gasteiger partial charge in [-0.2, -0.15) is 13.2 Å². The van der Waals surface area contributed by atoms with Crippen LogP contribution >= 0.6 is 0 Å². The Bertz CT molecular complexity index is 1460. The van der Waals surface area contributed by atoms with Crippen LogP contribution in [-0.2, 0) is 53.0 Å². The molecule has 0 aromatic heterocycles. The maximum absolute atomic E-state index is 13.4. The molecule has 0 saturated heterocycles. The highest BCUT2D eigenvalue weighted by molar-refractivity contribution is 7.92. The number of ether oxygens (including phenoxy) is 5. The molecule has 3 aromatic rings. The zero-order valence-electron chi connectivity index (χ0n) is 21.9. The second kappa shape index (κ2) is 14.0. The number of sulfonamides is 1. The average molecular weight is 598 g/mol. The molecule has 0 bridgehead atoms. The Morgan fingerprint density at radius 3 is 2.20 bits per heavy atom. The van der Waals surface area contributed by atoms with Crippen LogP contribution in [0.1, 0.15) is 27.0 Å². The molecule has 0 saturated carbocycles. The SMILES string of the molecule is COCOC(=O)Cc1ccccc1S(=O)(=O)Nc1ccc(C(F)(F)F)cc1OCc1ccc(C(=O)OCOC)cc1. The third-order valence-electron chi connectivity index (χ3n) is 5.38. The monoisotopic (exact) mass is 597 g/mol. The Labute approximate surface area is 234 Å². The molecule has 3 rings (SSSR count). The van der Waals surface area contributed by atoms with E-state index in [1.807, 2.05) is 0 Å². The van der Waals surface area contributed by atoms with E-state index in [2.05, 4.69) is 14.2 Å². The number of rotatable bonds is 13. The van der Waals surface area contributed by atoms with E-state index in [4.69, 9.17) is 14.2 Å². The zero-order valence-corrected chi connectivity index (χ0v) is 22.7. The largest absolute Gasteiger partial charge is 0.487 e. The van der Waals surface area contributed by atoms with Crippen molar-refractivity contribution in [3.05, 3.63) is 89.0 Å². The fraction of sp³-hybridized carbons (Fsp3) is 0.259. The molecule has 0 aliphatic rings. The lowest BCUT2D eigenvalue weighted by atomic mass is 10.1. The molecule has 0 atom stereocenters. The molecular formula is C27H26F3NO9S. The summed E-state index contributed by atoms with van der Waals surface area (Å²) in [5, 5.41) is 0. The van der Waals surface area contributed by atoms with Crippen molar-refractivity contribution in [1.29, 1.82) is 0 Å². The summed E-state index contributed by atoms with van der Waals surface area (Å²) in [6.45, 7) is -0.815. The van der Waals surface area contributed by atoms with Gasteiger partial charge in [0.05, 0.1) is 28.1 Å². The van der Waals surface area contributed by atoms with Crippen LogP contribution in [0, 0.1) is 0 Å².